The van der Waals surface area contributed by atoms with Gasteiger partial charge in [-0.05, 0) is 16.8 Å². The summed E-state index contributed by atoms with van der Waals surface area (Å²) in [6, 6.07) is 0. The van der Waals surface area contributed by atoms with Gasteiger partial charge in [0, 0.05) is 6.20 Å². The van der Waals surface area contributed by atoms with Crippen LogP contribution < -0.4 is 5.73 Å². The van der Waals surface area contributed by atoms with Crippen LogP contribution in [0.4, 0.5) is 0 Å². The van der Waals surface area contributed by atoms with Gasteiger partial charge in [0.05, 0.1) is 0 Å². The standard InChI is InChI=1S/C7H14NP/c1-5(2)6(3)7(9)4-8/h4-5H,3,8-9H2,1-2H3/b7-4-. The van der Waals surface area contributed by atoms with E-state index in [0.717, 1.165) is 10.9 Å². The molecule has 9 heavy (non-hydrogen) atoms. The van der Waals surface area contributed by atoms with Gasteiger partial charge < -0.3 is 5.73 Å². The minimum Gasteiger partial charge on any atom is -0.404 e. The van der Waals surface area contributed by atoms with Crippen molar-refractivity contribution in [1.82, 2.24) is 0 Å². The van der Waals surface area contributed by atoms with Gasteiger partial charge in [0.2, 0.25) is 0 Å². The van der Waals surface area contributed by atoms with Gasteiger partial charge in [-0.3, -0.25) is 0 Å². The van der Waals surface area contributed by atoms with Crippen LogP contribution in [-0.4, -0.2) is 0 Å². The predicted octanol–water partition coefficient (Wildman–Crippen LogP) is 1.87. The van der Waals surface area contributed by atoms with Crippen LogP contribution in [0.5, 0.6) is 0 Å². The molecule has 52 valence electrons. The fourth-order valence-corrected chi connectivity index (χ4v) is 0.774. The predicted molar refractivity (Wildman–Crippen MR) is 46.0 cm³/mol. The van der Waals surface area contributed by atoms with E-state index in [-0.39, 0.29) is 0 Å². The monoisotopic (exact) mass is 143 g/mol. The number of hydrogen-bond donors (Lipinski definition) is 1. The average molecular weight is 143 g/mol. The molecule has 1 nitrogen and oxygen atoms in total. The smallest absolute Gasteiger partial charge is 0.00133 e. The molecule has 0 radical (unpaired) electrons. The molecule has 2 N–H and O–H groups in total. The van der Waals surface area contributed by atoms with E-state index in [9.17, 15) is 0 Å². The highest BCUT2D eigenvalue weighted by Crippen LogP contribution is 2.21. The van der Waals surface area contributed by atoms with E-state index in [1.54, 1.807) is 6.20 Å². The molecule has 0 heterocycles. The van der Waals surface area contributed by atoms with E-state index in [1.165, 1.54) is 0 Å². The first-order valence-electron chi connectivity index (χ1n) is 2.96. The first-order chi connectivity index (χ1) is 4.09. The highest BCUT2D eigenvalue weighted by Gasteiger charge is 1.99. The quantitative estimate of drug-likeness (QED) is 0.463. The lowest BCUT2D eigenvalue weighted by molar-refractivity contribution is 0.791. The summed E-state index contributed by atoms with van der Waals surface area (Å²) in [5, 5.41) is 1.00. The van der Waals surface area contributed by atoms with Crippen molar-refractivity contribution < 1.29 is 0 Å². The molecule has 0 aliphatic heterocycles. The molecular formula is C7H14NP. The molecule has 0 aliphatic carbocycles. The second-order valence-corrected chi connectivity index (χ2v) is 2.92. The van der Waals surface area contributed by atoms with Crippen LogP contribution >= 0.6 is 9.24 Å². The maximum atomic E-state index is 5.27. The van der Waals surface area contributed by atoms with Gasteiger partial charge in [0.15, 0.2) is 0 Å². The molecule has 0 rings (SSSR count). The SMILES string of the molecule is C=C(/C(P)=C/N)C(C)C. The first-order valence-corrected chi connectivity index (χ1v) is 3.53. The van der Waals surface area contributed by atoms with Crippen LogP contribution in [-0.2, 0) is 0 Å². The summed E-state index contributed by atoms with van der Waals surface area (Å²) in [7, 11) is 2.55. The minimum atomic E-state index is 0.484. The van der Waals surface area contributed by atoms with Gasteiger partial charge in [-0.25, -0.2) is 0 Å². The summed E-state index contributed by atoms with van der Waals surface area (Å²) in [5.74, 6) is 0.484. The Bertz CT molecular complexity index is 136. The molecule has 0 fully saturated rings. The van der Waals surface area contributed by atoms with Crippen LogP contribution in [0.3, 0.4) is 0 Å². The third-order valence-electron chi connectivity index (χ3n) is 1.25. The van der Waals surface area contributed by atoms with Crippen LogP contribution in [0.15, 0.2) is 23.7 Å². The molecule has 0 spiro atoms. The Balaban J connectivity index is 4.06. The Morgan fingerprint density at radius 2 is 2.11 bits per heavy atom. The zero-order valence-corrected chi connectivity index (χ0v) is 7.17. The van der Waals surface area contributed by atoms with E-state index in [1.807, 2.05) is 0 Å². The van der Waals surface area contributed by atoms with Crippen LogP contribution in [0.25, 0.3) is 0 Å². The van der Waals surface area contributed by atoms with Crippen molar-refractivity contribution in [2.75, 3.05) is 0 Å². The zero-order chi connectivity index (χ0) is 7.44. The Morgan fingerprint density at radius 3 is 2.22 bits per heavy atom. The molecule has 0 aliphatic rings. The molecule has 0 bridgehead atoms. The van der Waals surface area contributed by atoms with Gasteiger partial charge >= 0.3 is 0 Å². The molecule has 0 aromatic rings. The molecule has 0 aromatic heterocycles. The lowest BCUT2D eigenvalue weighted by atomic mass is 10.1. The topological polar surface area (TPSA) is 26.0 Å². The molecule has 0 saturated heterocycles. The van der Waals surface area contributed by atoms with Crippen molar-refractivity contribution in [1.29, 1.82) is 0 Å². The fraction of sp³-hybridized carbons (Fsp3) is 0.429. The van der Waals surface area contributed by atoms with Crippen molar-refractivity contribution in [3.05, 3.63) is 23.7 Å². The average Bonchev–Trinajstić information content (AvgIpc) is 1.84. The molecule has 1 unspecified atom stereocenters. The van der Waals surface area contributed by atoms with E-state index in [0.29, 0.717) is 5.92 Å². The van der Waals surface area contributed by atoms with Crippen molar-refractivity contribution in [3.63, 3.8) is 0 Å². The molecule has 0 saturated carbocycles. The largest absolute Gasteiger partial charge is 0.404 e. The Labute approximate surface area is 59.2 Å². The molecule has 0 aromatic carbocycles. The lowest BCUT2D eigenvalue weighted by Gasteiger charge is -2.07. The fourth-order valence-electron chi connectivity index (χ4n) is 0.440. The van der Waals surface area contributed by atoms with E-state index in [2.05, 4.69) is 29.7 Å². The summed E-state index contributed by atoms with van der Waals surface area (Å²) in [4.78, 5) is 0. The Hall–Kier alpha value is -0.290. The Morgan fingerprint density at radius 1 is 1.67 bits per heavy atom. The molecular weight excluding hydrogens is 129 g/mol. The van der Waals surface area contributed by atoms with E-state index in [4.69, 9.17) is 5.73 Å². The highest BCUT2D eigenvalue weighted by atomic mass is 31.0. The second kappa shape index (κ2) is 3.68. The van der Waals surface area contributed by atoms with Gasteiger partial charge in [-0.2, -0.15) is 0 Å². The van der Waals surface area contributed by atoms with Crippen molar-refractivity contribution in [3.8, 4) is 0 Å². The van der Waals surface area contributed by atoms with Gasteiger partial charge in [-0.1, -0.05) is 20.4 Å². The summed E-state index contributed by atoms with van der Waals surface area (Å²) >= 11 is 0. The molecule has 0 amide bonds. The molecule has 2 heteroatoms. The zero-order valence-electron chi connectivity index (χ0n) is 6.02. The van der Waals surface area contributed by atoms with Crippen molar-refractivity contribution in [2.45, 2.75) is 13.8 Å². The van der Waals surface area contributed by atoms with Gasteiger partial charge in [0.1, 0.15) is 0 Å². The minimum absolute atomic E-state index is 0.484. The van der Waals surface area contributed by atoms with E-state index < -0.39 is 0 Å². The van der Waals surface area contributed by atoms with Gasteiger partial charge in [0.25, 0.3) is 0 Å². The maximum absolute atomic E-state index is 5.27. The Kier molecular flexibility index (Phi) is 3.56. The second-order valence-electron chi connectivity index (χ2n) is 2.30. The number of nitrogens with two attached hydrogens (primary N) is 1. The summed E-state index contributed by atoms with van der Waals surface area (Å²) in [6.45, 7) is 8.04. The van der Waals surface area contributed by atoms with Crippen LogP contribution in [0.1, 0.15) is 13.8 Å². The number of hydrogen-bond acceptors (Lipinski definition) is 1. The number of allylic oxidation sites excluding steroid dienone is 2. The summed E-state index contributed by atoms with van der Waals surface area (Å²) < 4.78 is 0. The number of rotatable bonds is 2. The third kappa shape index (κ3) is 2.67. The normalized spacial score (nSPS) is 12.2. The first kappa shape index (κ1) is 8.71. The third-order valence-corrected chi connectivity index (χ3v) is 1.81. The maximum Gasteiger partial charge on any atom is 0.00133 e. The molecule has 1 atom stereocenters. The summed E-state index contributed by atoms with van der Waals surface area (Å²) in [5.41, 5.74) is 6.35. The van der Waals surface area contributed by atoms with Crippen molar-refractivity contribution in [2.24, 2.45) is 11.7 Å². The van der Waals surface area contributed by atoms with Crippen LogP contribution in [0, 0.1) is 5.92 Å². The van der Waals surface area contributed by atoms with Gasteiger partial charge in [-0.15, -0.1) is 9.24 Å². The van der Waals surface area contributed by atoms with E-state index >= 15 is 0 Å². The van der Waals surface area contributed by atoms with Crippen molar-refractivity contribution >= 4 is 9.24 Å². The summed E-state index contributed by atoms with van der Waals surface area (Å²) in [6.07, 6.45) is 1.56. The van der Waals surface area contributed by atoms with Crippen LogP contribution in [0.2, 0.25) is 0 Å². The lowest BCUT2D eigenvalue weighted by Crippen LogP contribution is -1.93. The highest BCUT2D eigenvalue weighted by molar-refractivity contribution is 7.23.